The highest BCUT2D eigenvalue weighted by molar-refractivity contribution is 5.84. The van der Waals surface area contributed by atoms with E-state index in [4.69, 9.17) is 4.74 Å². The van der Waals surface area contributed by atoms with E-state index in [0.29, 0.717) is 13.0 Å². The van der Waals surface area contributed by atoms with Gasteiger partial charge in [-0.15, -0.1) is 0 Å². The minimum Gasteiger partial charge on any atom is -0.480 e. The minimum absolute atomic E-state index is 0.00896. The summed E-state index contributed by atoms with van der Waals surface area (Å²) in [7, 11) is 0. The van der Waals surface area contributed by atoms with Crippen molar-refractivity contribution < 1.29 is 24.2 Å². The molecule has 2 aromatic rings. The molecule has 1 fully saturated rings. The van der Waals surface area contributed by atoms with Crippen LogP contribution < -0.4 is 5.32 Å². The van der Waals surface area contributed by atoms with Gasteiger partial charge in [-0.1, -0.05) is 55.0 Å². The molecule has 2 atom stereocenters. The number of amides is 2. The predicted octanol–water partition coefficient (Wildman–Crippen LogP) is 4.65. The van der Waals surface area contributed by atoms with Crippen LogP contribution in [0.1, 0.15) is 57.1 Å². The number of nitrogens with one attached hydrogen (secondary N) is 1. The molecule has 35 heavy (non-hydrogen) atoms. The quantitative estimate of drug-likeness (QED) is 0.604. The Labute approximate surface area is 206 Å². The van der Waals surface area contributed by atoms with Gasteiger partial charge in [-0.2, -0.15) is 0 Å². The van der Waals surface area contributed by atoms with E-state index >= 15 is 0 Å². The third kappa shape index (κ3) is 5.34. The summed E-state index contributed by atoms with van der Waals surface area (Å²) in [6.45, 7) is 5.76. The van der Waals surface area contributed by atoms with Crippen molar-refractivity contribution in [3.63, 3.8) is 0 Å². The summed E-state index contributed by atoms with van der Waals surface area (Å²) in [5, 5.41) is 12.1. The van der Waals surface area contributed by atoms with Crippen LogP contribution in [0.3, 0.4) is 0 Å². The van der Waals surface area contributed by atoms with Crippen molar-refractivity contribution in [2.45, 2.75) is 51.5 Å². The lowest BCUT2D eigenvalue weighted by Crippen LogP contribution is -2.51. The van der Waals surface area contributed by atoms with E-state index in [-0.39, 0.29) is 36.8 Å². The van der Waals surface area contributed by atoms with E-state index in [1.165, 1.54) is 16.0 Å². The Morgan fingerprint density at radius 2 is 1.60 bits per heavy atom. The van der Waals surface area contributed by atoms with E-state index in [1.54, 1.807) is 0 Å². The number of carboxylic acids is 1. The van der Waals surface area contributed by atoms with Crippen LogP contribution in [0.15, 0.2) is 48.5 Å². The van der Waals surface area contributed by atoms with Crippen molar-refractivity contribution in [1.82, 2.24) is 10.2 Å². The number of nitrogens with zero attached hydrogens (tertiary/aromatic N) is 1. The molecule has 186 valence electrons. The molecule has 0 bridgehead atoms. The predicted molar refractivity (Wildman–Crippen MR) is 133 cm³/mol. The number of carbonyl (C=O) groups is 3. The average molecular weight is 479 g/mol. The van der Waals surface area contributed by atoms with Crippen LogP contribution in [-0.4, -0.2) is 53.2 Å². The van der Waals surface area contributed by atoms with Crippen molar-refractivity contribution in [2.24, 2.45) is 11.8 Å². The molecule has 0 radical (unpaired) electrons. The molecule has 0 unspecified atom stereocenters. The van der Waals surface area contributed by atoms with Crippen LogP contribution in [-0.2, 0) is 14.3 Å². The van der Waals surface area contributed by atoms with Gasteiger partial charge in [0, 0.05) is 23.9 Å². The molecule has 7 nitrogen and oxygen atoms in total. The van der Waals surface area contributed by atoms with Crippen molar-refractivity contribution in [1.29, 1.82) is 0 Å². The monoisotopic (exact) mass is 478 g/mol. The summed E-state index contributed by atoms with van der Waals surface area (Å²) in [5.74, 6) is -1.54. The number of carboxylic acid groups (broad SMARTS) is 1. The standard InChI is InChI=1S/C28H34N2O5/c1-28(2,3)30(16-25(31)32)26(33)19-14-8-9-18(19)15-29-27(34)35-17-24-22-12-6-4-10-20(22)21-11-5-7-13-23(21)24/h4-7,10-13,18-19,24H,8-9,14-17H2,1-3H3,(H,29,34)(H,31,32)/t18-,19-/m1/s1. The van der Waals surface area contributed by atoms with Gasteiger partial charge in [-0.3, -0.25) is 9.59 Å². The average Bonchev–Trinajstić information content (AvgIpc) is 3.41. The molecule has 2 N–H and O–H groups in total. The summed E-state index contributed by atoms with van der Waals surface area (Å²) in [4.78, 5) is 38.6. The first-order chi connectivity index (χ1) is 16.7. The largest absolute Gasteiger partial charge is 0.480 e. The molecular weight excluding hydrogens is 444 g/mol. The van der Waals surface area contributed by atoms with E-state index in [0.717, 1.165) is 24.0 Å². The lowest BCUT2D eigenvalue weighted by molar-refractivity contribution is -0.151. The molecule has 2 aromatic carbocycles. The zero-order valence-electron chi connectivity index (χ0n) is 20.6. The first-order valence-electron chi connectivity index (χ1n) is 12.3. The molecule has 0 aliphatic heterocycles. The van der Waals surface area contributed by atoms with Crippen LogP contribution >= 0.6 is 0 Å². The van der Waals surface area contributed by atoms with E-state index in [2.05, 4.69) is 29.6 Å². The van der Waals surface area contributed by atoms with Gasteiger partial charge in [0.25, 0.3) is 0 Å². The Hall–Kier alpha value is -3.35. The second-order valence-corrected chi connectivity index (χ2v) is 10.5. The first-order valence-corrected chi connectivity index (χ1v) is 12.3. The van der Waals surface area contributed by atoms with Gasteiger partial charge in [-0.25, -0.2) is 4.79 Å². The van der Waals surface area contributed by atoms with Gasteiger partial charge in [0.15, 0.2) is 0 Å². The fourth-order valence-corrected chi connectivity index (χ4v) is 5.45. The molecule has 4 rings (SSSR count). The maximum absolute atomic E-state index is 13.2. The Bertz CT molecular complexity index is 1060. The van der Waals surface area contributed by atoms with E-state index in [1.807, 2.05) is 45.0 Å². The highest BCUT2D eigenvalue weighted by atomic mass is 16.5. The number of benzene rings is 2. The lowest BCUT2D eigenvalue weighted by atomic mass is 9.92. The van der Waals surface area contributed by atoms with Gasteiger partial charge < -0.3 is 20.1 Å². The zero-order valence-corrected chi connectivity index (χ0v) is 20.6. The molecule has 7 heteroatoms. The summed E-state index contributed by atoms with van der Waals surface area (Å²) in [5.41, 5.74) is 4.07. The number of fused-ring (bicyclic) bond motifs is 3. The maximum Gasteiger partial charge on any atom is 0.407 e. The first kappa shape index (κ1) is 24.8. The van der Waals surface area contributed by atoms with Crippen LogP contribution in [0.4, 0.5) is 4.79 Å². The molecule has 0 aromatic heterocycles. The summed E-state index contributed by atoms with van der Waals surface area (Å²) >= 11 is 0. The Kier molecular flexibility index (Phi) is 7.15. The second kappa shape index (κ2) is 10.1. The van der Waals surface area contributed by atoms with Crippen molar-refractivity contribution in [3.8, 4) is 11.1 Å². The van der Waals surface area contributed by atoms with Crippen LogP contribution in [0, 0.1) is 11.8 Å². The van der Waals surface area contributed by atoms with Gasteiger partial charge in [0.2, 0.25) is 5.91 Å². The number of rotatable bonds is 7. The van der Waals surface area contributed by atoms with Crippen molar-refractivity contribution in [2.75, 3.05) is 19.7 Å². The maximum atomic E-state index is 13.2. The third-order valence-electron chi connectivity index (χ3n) is 7.20. The van der Waals surface area contributed by atoms with Gasteiger partial charge in [0.05, 0.1) is 0 Å². The molecule has 2 amide bonds. The fourth-order valence-electron chi connectivity index (χ4n) is 5.45. The molecular formula is C28H34N2O5. The molecule has 2 aliphatic rings. The SMILES string of the molecule is CC(C)(C)N(CC(=O)O)C(=O)[C@@H]1CCC[C@@H]1CNC(=O)OCC1c2ccccc2-c2ccccc21. The normalized spacial score (nSPS) is 19.1. The summed E-state index contributed by atoms with van der Waals surface area (Å²) < 4.78 is 5.63. The van der Waals surface area contributed by atoms with Crippen LogP contribution in [0.25, 0.3) is 11.1 Å². The topological polar surface area (TPSA) is 95.9 Å². The second-order valence-electron chi connectivity index (χ2n) is 10.5. The summed E-state index contributed by atoms with van der Waals surface area (Å²) in [6, 6.07) is 16.4. The zero-order chi connectivity index (χ0) is 25.2. The molecule has 0 spiro atoms. The Balaban J connectivity index is 1.35. The van der Waals surface area contributed by atoms with Crippen LogP contribution in [0.2, 0.25) is 0 Å². The van der Waals surface area contributed by atoms with E-state index < -0.39 is 17.6 Å². The minimum atomic E-state index is -1.03. The number of ether oxygens (including phenoxy) is 1. The van der Waals surface area contributed by atoms with Gasteiger partial charge >= 0.3 is 12.1 Å². The Morgan fingerprint density at radius 3 is 2.17 bits per heavy atom. The van der Waals surface area contributed by atoms with Crippen LogP contribution in [0.5, 0.6) is 0 Å². The fraction of sp³-hybridized carbons (Fsp3) is 0.464. The highest BCUT2D eigenvalue weighted by Gasteiger charge is 2.39. The smallest absolute Gasteiger partial charge is 0.407 e. The number of aliphatic carboxylic acids is 1. The van der Waals surface area contributed by atoms with Crippen molar-refractivity contribution in [3.05, 3.63) is 59.7 Å². The number of hydrogen-bond donors (Lipinski definition) is 2. The lowest BCUT2D eigenvalue weighted by Gasteiger charge is -2.37. The number of hydrogen-bond acceptors (Lipinski definition) is 4. The molecule has 0 saturated heterocycles. The van der Waals surface area contributed by atoms with Gasteiger partial charge in [-0.05, 0) is 61.8 Å². The third-order valence-corrected chi connectivity index (χ3v) is 7.20. The van der Waals surface area contributed by atoms with E-state index in [9.17, 15) is 19.5 Å². The highest BCUT2D eigenvalue weighted by Crippen LogP contribution is 2.44. The molecule has 2 aliphatic carbocycles. The van der Waals surface area contributed by atoms with Gasteiger partial charge in [0.1, 0.15) is 13.2 Å². The van der Waals surface area contributed by atoms with Crippen molar-refractivity contribution >= 4 is 18.0 Å². The molecule has 1 saturated carbocycles. The summed E-state index contributed by atoms with van der Waals surface area (Å²) in [6.07, 6.45) is 1.88. The number of alkyl carbamates (subject to hydrolysis) is 1. The number of carbonyl (C=O) groups excluding carboxylic acids is 2. The Morgan fingerprint density at radius 1 is 1.00 bits per heavy atom. The molecule has 0 heterocycles.